The summed E-state index contributed by atoms with van der Waals surface area (Å²) in [5, 5.41) is 4.03. The topological polar surface area (TPSA) is 18.5 Å². The molecule has 0 saturated heterocycles. The SMILES string of the molecule is CCNN(c1ccccc1)N(C)C. The van der Waals surface area contributed by atoms with Gasteiger partial charge in [-0.3, -0.25) is 0 Å². The summed E-state index contributed by atoms with van der Waals surface area (Å²) in [6.45, 7) is 2.99. The maximum absolute atomic E-state index is 3.26. The largest absolute Gasteiger partial charge is 0.240 e. The minimum atomic E-state index is 0.910. The summed E-state index contributed by atoms with van der Waals surface area (Å²) in [6.07, 6.45) is 0. The second-order valence-corrected chi connectivity index (χ2v) is 3.01. The van der Waals surface area contributed by atoms with E-state index in [0.717, 1.165) is 12.2 Å². The number of nitrogens with zero attached hydrogens (tertiary/aromatic N) is 2. The molecule has 0 spiro atoms. The second kappa shape index (κ2) is 4.84. The highest BCUT2D eigenvalue weighted by molar-refractivity contribution is 5.43. The van der Waals surface area contributed by atoms with E-state index in [9.17, 15) is 0 Å². The maximum Gasteiger partial charge on any atom is 0.0704 e. The minimum Gasteiger partial charge on any atom is -0.240 e. The van der Waals surface area contributed by atoms with E-state index in [-0.39, 0.29) is 0 Å². The molecule has 0 radical (unpaired) electrons. The Hall–Kier alpha value is -1.06. The fourth-order valence-corrected chi connectivity index (χ4v) is 1.18. The highest BCUT2D eigenvalue weighted by atomic mass is 15.8. The molecule has 0 aliphatic rings. The number of hydrogen-bond acceptors (Lipinski definition) is 3. The Morgan fingerprint density at radius 2 is 1.77 bits per heavy atom. The van der Waals surface area contributed by atoms with Crippen molar-refractivity contribution < 1.29 is 0 Å². The van der Waals surface area contributed by atoms with E-state index in [2.05, 4.69) is 24.5 Å². The Morgan fingerprint density at radius 3 is 2.23 bits per heavy atom. The predicted molar refractivity (Wildman–Crippen MR) is 56.3 cm³/mol. The first-order valence-corrected chi connectivity index (χ1v) is 4.51. The third kappa shape index (κ3) is 2.72. The number of para-hydroxylation sites is 1. The molecule has 0 unspecified atom stereocenters. The lowest BCUT2D eigenvalue weighted by molar-refractivity contribution is 0.324. The first-order chi connectivity index (χ1) is 6.25. The molecule has 1 aromatic carbocycles. The average Bonchev–Trinajstić information content (AvgIpc) is 2.15. The standard InChI is InChI=1S/C10H17N3/c1-4-11-13(12(2)3)10-8-6-5-7-9-10/h5-9,11H,4H2,1-3H3. The van der Waals surface area contributed by atoms with E-state index in [1.165, 1.54) is 0 Å². The fourth-order valence-electron chi connectivity index (χ4n) is 1.18. The Labute approximate surface area is 79.9 Å². The quantitative estimate of drug-likeness (QED) is 0.706. The van der Waals surface area contributed by atoms with Gasteiger partial charge < -0.3 is 0 Å². The number of nitrogens with one attached hydrogen (secondary N) is 1. The summed E-state index contributed by atoms with van der Waals surface area (Å²) in [4.78, 5) is 0. The zero-order valence-corrected chi connectivity index (χ0v) is 8.49. The lowest BCUT2D eigenvalue weighted by Crippen LogP contribution is -2.47. The van der Waals surface area contributed by atoms with E-state index in [1.807, 2.05) is 42.4 Å². The van der Waals surface area contributed by atoms with Crippen LogP contribution < -0.4 is 10.5 Å². The summed E-state index contributed by atoms with van der Waals surface area (Å²) in [5.41, 5.74) is 4.41. The van der Waals surface area contributed by atoms with Gasteiger partial charge in [0.05, 0.1) is 5.69 Å². The average molecular weight is 179 g/mol. The number of benzene rings is 1. The molecule has 0 fully saturated rings. The lowest BCUT2D eigenvalue weighted by Gasteiger charge is -2.30. The van der Waals surface area contributed by atoms with Crippen LogP contribution in [0.2, 0.25) is 0 Å². The van der Waals surface area contributed by atoms with Crippen LogP contribution in [0.15, 0.2) is 30.3 Å². The third-order valence-corrected chi connectivity index (χ3v) is 1.71. The Bertz CT molecular complexity index is 233. The Morgan fingerprint density at radius 1 is 1.15 bits per heavy atom. The van der Waals surface area contributed by atoms with Gasteiger partial charge in [-0.1, -0.05) is 25.1 Å². The van der Waals surface area contributed by atoms with Crippen LogP contribution >= 0.6 is 0 Å². The van der Waals surface area contributed by atoms with Crippen molar-refractivity contribution in [2.45, 2.75) is 6.92 Å². The maximum atomic E-state index is 3.26. The smallest absolute Gasteiger partial charge is 0.0704 e. The first-order valence-electron chi connectivity index (χ1n) is 4.51. The van der Waals surface area contributed by atoms with Crippen molar-refractivity contribution in [2.24, 2.45) is 0 Å². The van der Waals surface area contributed by atoms with Crippen LogP contribution in [0.1, 0.15) is 6.92 Å². The van der Waals surface area contributed by atoms with Crippen LogP contribution in [-0.2, 0) is 0 Å². The van der Waals surface area contributed by atoms with Crippen LogP contribution in [0.3, 0.4) is 0 Å². The van der Waals surface area contributed by atoms with E-state index < -0.39 is 0 Å². The molecule has 0 aliphatic carbocycles. The molecule has 1 rings (SSSR count). The van der Waals surface area contributed by atoms with Crippen LogP contribution in [0, 0.1) is 0 Å². The molecule has 3 heteroatoms. The molecule has 0 atom stereocenters. The second-order valence-electron chi connectivity index (χ2n) is 3.01. The van der Waals surface area contributed by atoms with Gasteiger partial charge in [0.25, 0.3) is 0 Å². The third-order valence-electron chi connectivity index (χ3n) is 1.71. The van der Waals surface area contributed by atoms with E-state index in [0.29, 0.717) is 0 Å². The number of hydrogen-bond donors (Lipinski definition) is 1. The summed E-state index contributed by atoms with van der Waals surface area (Å²) >= 11 is 0. The molecule has 0 aromatic heterocycles. The van der Waals surface area contributed by atoms with E-state index in [4.69, 9.17) is 0 Å². The monoisotopic (exact) mass is 179 g/mol. The molecule has 0 bridgehead atoms. The molecule has 13 heavy (non-hydrogen) atoms. The number of rotatable bonds is 4. The first kappa shape index (κ1) is 10.0. The Balaban J connectivity index is 2.76. The van der Waals surface area contributed by atoms with Crippen LogP contribution in [-0.4, -0.2) is 25.6 Å². The minimum absolute atomic E-state index is 0.910. The normalized spacial score (nSPS) is 10.5. The summed E-state index contributed by atoms with van der Waals surface area (Å²) < 4.78 is 0. The van der Waals surface area contributed by atoms with Gasteiger partial charge in [0.2, 0.25) is 0 Å². The number of anilines is 1. The molecular weight excluding hydrogens is 162 g/mol. The van der Waals surface area contributed by atoms with Gasteiger partial charge in [0.1, 0.15) is 0 Å². The van der Waals surface area contributed by atoms with Crippen molar-refractivity contribution in [3.8, 4) is 0 Å². The predicted octanol–water partition coefficient (Wildman–Crippen LogP) is 1.49. The molecule has 1 aromatic rings. The summed E-state index contributed by atoms with van der Waals surface area (Å²) in [7, 11) is 4.02. The van der Waals surface area contributed by atoms with Gasteiger partial charge >= 0.3 is 0 Å². The van der Waals surface area contributed by atoms with Gasteiger partial charge in [-0.25, -0.2) is 15.6 Å². The molecule has 0 saturated carbocycles. The molecule has 3 nitrogen and oxygen atoms in total. The van der Waals surface area contributed by atoms with Gasteiger partial charge in [0, 0.05) is 20.6 Å². The molecule has 0 heterocycles. The van der Waals surface area contributed by atoms with Crippen LogP contribution in [0.5, 0.6) is 0 Å². The van der Waals surface area contributed by atoms with Crippen molar-refractivity contribution in [1.29, 1.82) is 0 Å². The Kier molecular flexibility index (Phi) is 3.73. The van der Waals surface area contributed by atoms with Gasteiger partial charge in [0.15, 0.2) is 0 Å². The summed E-state index contributed by atoms with van der Waals surface area (Å²) in [6, 6.07) is 10.2. The highest BCUT2D eigenvalue weighted by Crippen LogP contribution is 2.10. The summed E-state index contributed by atoms with van der Waals surface area (Å²) in [5.74, 6) is 0. The van der Waals surface area contributed by atoms with E-state index in [1.54, 1.807) is 0 Å². The van der Waals surface area contributed by atoms with Crippen molar-refractivity contribution in [3.05, 3.63) is 30.3 Å². The fraction of sp³-hybridized carbons (Fsp3) is 0.400. The molecule has 1 N–H and O–H groups in total. The van der Waals surface area contributed by atoms with E-state index >= 15 is 0 Å². The van der Waals surface area contributed by atoms with Crippen molar-refractivity contribution >= 4 is 5.69 Å². The van der Waals surface area contributed by atoms with Crippen LogP contribution in [0.4, 0.5) is 5.69 Å². The molecule has 72 valence electrons. The zero-order chi connectivity index (χ0) is 9.68. The van der Waals surface area contributed by atoms with Crippen LogP contribution in [0.25, 0.3) is 0 Å². The van der Waals surface area contributed by atoms with Gasteiger partial charge in [-0.15, -0.1) is 0 Å². The highest BCUT2D eigenvalue weighted by Gasteiger charge is 2.05. The number of hydrazine groups is 2. The van der Waals surface area contributed by atoms with Crippen molar-refractivity contribution in [1.82, 2.24) is 10.4 Å². The van der Waals surface area contributed by atoms with Crippen molar-refractivity contribution in [2.75, 3.05) is 25.8 Å². The molecule has 0 amide bonds. The van der Waals surface area contributed by atoms with Gasteiger partial charge in [-0.2, -0.15) is 0 Å². The molecular formula is C10H17N3. The molecule has 0 aliphatic heterocycles. The lowest BCUT2D eigenvalue weighted by atomic mass is 10.3. The van der Waals surface area contributed by atoms with Crippen molar-refractivity contribution in [3.63, 3.8) is 0 Å². The zero-order valence-electron chi connectivity index (χ0n) is 8.49. The van der Waals surface area contributed by atoms with Gasteiger partial charge in [-0.05, 0) is 12.1 Å².